The highest BCUT2D eigenvalue weighted by Gasteiger charge is 2.35. The number of aromatic amines is 1. The predicted octanol–water partition coefficient (Wildman–Crippen LogP) is 4.04. The molecular weight excluding hydrogens is 272 g/mol. The first-order valence-electron chi connectivity index (χ1n) is 5.06. The zero-order valence-corrected chi connectivity index (χ0v) is 10.7. The molecule has 2 aromatic rings. The second kappa shape index (κ2) is 3.19. The number of hydrogen-bond donors (Lipinski definition) is 1. The van der Waals surface area contributed by atoms with Crippen molar-refractivity contribution >= 4 is 39.2 Å². The van der Waals surface area contributed by atoms with Crippen LogP contribution in [0.5, 0.6) is 0 Å². The van der Waals surface area contributed by atoms with Crippen molar-refractivity contribution in [2.24, 2.45) is 5.92 Å². The van der Waals surface area contributed by atoms with Gasteiger partial charge in [0.25, 0.3) is 0 Å². The molecule has 0 saturated heterocycles. The molecular formula is C11H11BrN2S. The summed E-state index contributed by atoms with van der Waals surface area (Å²) in [5, 5.41) is 0. The molecule has 1 aromatic heterocycles. The van der Waals surface area contributed by atoms with Crippen molar-refractivity contribution < 1.29 is 0 Å². The van der Waals surface area contributed by atoms with Gasteiger partial charge in [-0.05, 0) is 42.8 Å². The molecule has 78 valence electrons. The van der Waals surface area contributed by atoms with Crippen molar-refractivity contribution in [1.82, 2.24) is 9.55 Å². The van der Waals surface area contributed by atoms with Crippen LogP contribution < -0.4 is 0 Å². The summed E-state index contributed by atoms with van der Waals surface area (Å²) in [6.45, 7) is 2.27. The summed E-state index contributed by atoms with van der Waals surface area (Å²) in [6.07, 6.45) is 1.25. The van der Waals surface area contributed by atoms with Crippen molar-refractivity contribution in [3.8, 4) is 0 Å². The van der Waals surface area contributed by atoms with Crippen LogP contribution >= 0.6 is 28.1 Å². The van der Waals surface area contributed by atoms with Gasteiger partial charge in [-0.25, -0.2) is 0 Å². The average molecular weight is 283 g/mol. The average Bonchev–Trinajstić information content (AvgIpc) is 2.77. The number of imidazole rings is 1. The number of halogens is 1. The molecule has 0 radical (unpaired) electrons. The first-order chi connectivity index (χ1) is 7.16. The maximum absolute atomic E-state index is 5.36. The van der Waals surface area contributed by atoms with Crippen LogP contribution in [-0.2, 0) is 0 Å². The number of H-pyrrole nitrogens is 1. The second-order valence-electron chi connectivity index (χ2n) is 4.24. The minimum absolute atomic E-state index is 0.604. The van der Waals surface area contributed by atoms with Gasteiger partial charge in [0, 0.05) is 10.5 Å². The number of aromatic nitrogens is 2. The summed E-state index contributed by atoms with van der Waals surface area (Å²) >= 11 is 8.82. The van der Waals surface area contributed by atoms with Crippen LogP contribution in [0, 0.1) is 10.7 Å². The molecule has 1 N–H and O–H groups in total. The highest BCUT2D eigenvalue weighted by molar-refractivity contribution is 9.10. The lowest BCUT2D eigenvalue weighted by atomic mass is 10.3. The number of hydrogen-bond acceptors (Lipinski definition) is 1. The third-order valence-corrected chi connectivity index (χ3v) is 3.87. The minimum Gasteiger partial charge on any atom is -0.331 e. The molecule has 1 aliphatic carbocycles. The smallest absolute Gasteiger partial charge is 0.178 e. The Morgan fingerprint density at radius 3 is 2.93 bits per heavy atom. The molecule has 2 unspecified atom stereocenters. The fraction of sp³-hybridized carbons (Fsp3) is 0.364. The Kier molecular flexibility index (Phi) is 2.04. The van der Waals surface area contributed by atoms with Crippen LogP contribution in [0.2, 0.25) is 0 Å². The monoisotopic (exact) mass is 282 g/mol. The standard InChI is InChI=1S/C11H11BrN2S/c1-6-4-10(6)14-9-3-2-7(12)5-8(9)13-11(14)15/h2-3,5-6,10H,4H2,1H3,(H,13,15). The molecule has 1 aliphatic rings. The van der Waals surface area contributed by atoms with Crippen molar-refractivity contribution in [2.45, 2.75) is 19.4 Å². The van der Waals surface area contributed by atoms with Gasteiger partial charge >= 0.3 is 0 Å². The Bertz CT molecular complexity index is 584. The third kappa shape index (κ3) is 1.47. The maximum atomic E-state index is 5.36. The van der Waals surface area contributed by atoms with E-state index in [-0.39, 0.29) is 0 Å². The van der Waals surface area contributed by atoms with E-state index in [2.05, 4.69) is 50.6 Å². The Labute approximate surface area is 101 Å². The molecule has 2 atom stereocenters. The minimum atomic E-state index is 0.604. The lowest BCUT2D eigenvalue weighted by molar-refractivity contribution is 0.695. The van der Waals surface area contributed by atoms with Crippen LogP contribution in [0.3, 0.4) is 0 Å². The third-order valence-electron chi connectivity index (χ3n) is 3.08. The van der Waals surface area contributed by atoms with E-state index in [0.29, 0.717) is 6.04 Å². The molecule has 0 bridgehead atoms. The quantitative estimate of drug-likeness (QED) is 0.783. The largest absolute Gasteiger partial charge is 0.331 e. The molecule has 15 heavy (non-hydrogen) atoms. The second-order valence-corrected chi connectivity index (χ2v) is 5.54. The van der Waals surface area contributed by atoms with Gasteiger partial charge in [0.2, 0.25) is 0 Å². The first kappa shape index (κ1) is 9.60. The Hall–Kier alpha value is -0.610. The number of nitrogens with one attached hydrogen (secondary N) is 1. The van der Waals surface area contributed by atoms with Gasteiger partial charge in [0.1, 0.15) is 0 Å². The van der Waals surface area contributed by atoms with E-state index in [0.717, 1.165) is 20.7 Å². The zero-order chi connectivity index (χ0) is 10.6. The maximum Gasteiger partial charge on any atom is 0.178 e. The molecule has 1 saturated carbocycles. The van der Waals surface area contributed by atoms with Crippen LogP contribution in [0.15, 0.2) is 22.7 Å². The number of rotatable bonds is 1. The predicted molar refractivity (Wildman–Crippen MR) is 67.6 cm³/mol. The lowest BCUT2D eigenvalue weighted by Gasteiger charge is -2.01. The summed E-state index contributed by atoms with van der Waals surface area (Å²) < 4.78 is 4.18. The Morgan fingerprint density at radius 2 is 2.27 bits per heavy atom. The van der Waals surface area contributed by atoms with Crippen molar-refractivity contribution in [1.29, 1.82) is 0 Å². The van der Waals surface area contributed by atoms with Crippen molar-refractivity contribution in [3.63, 3.8) is 0 Å². The van der Waals surface area contributed by atoms with E-state index in [1.807, 2.05) is 0 Å². The Morgan fingerprint density at radius 1 is 1.53 bits per heavy atom. The molecule has 0 spiro atoms. The topological polar surface area (TPSA) is 20.7 Å². The van der Waals surface area contributed by atoms with Gasteiger partial charge in [-0.3, -0.25) is 0 Å². The molecule has 1 aromatic carbocycles. The van der Waals surface area contributed by atoms with E-state index in [9.17, 15) is 0 Å². The highest BCUT2D eigenvalue weighted by Crippen LogP contribution is 2.44. The molecule has 0 amide bonds. The van der Waals surface area contributed by atoms with Gasteiger partial charge in [-0.15, -0.1) is 0 Å². The molecule has 3 rings (SSSR count). The van der Waals surface area contributed by atoms with Crippen LogP contribution in [0.1, 0.15) is 19.4 Å². The van der Waals surface area contributed by atoms with E-state index in [4.69, 9.17) is 12.2 Å². The zero-order valence-electron chi connectivity index (χ0n) is 8.33. The molecule has 2 nitrogen and oxygen atoms in total. The summed E-state index contributed by atoms with van der Waals surface area (Å²) in [7, 11) is 0. The van der Waals surface area contributed by atoms with E-state index >= 15 is 0 Å². The van der Waals surface area contributed by atoms with E-state index in [1.54, 1.807) is 0 Å². The molecule has 1 heterocycles. The highest BCUT2D eigenvalue weighted by atomic mass is 79.9. The molecule has 1 fully saturated rings. The summed E-state index contributed by atoms with van der Waals surface area (Å²) in [5.41, 5.74) is 2.34. The van der Waals surface area contributed by atoms with Gasteiger partial charge in [0.15, 0.2) is 4.77 Å². The summed E-state index contributed by atoms with van der Waals surface area (Å²) in [4.78, 5) is 3.26. The van der Waals surface area contributed by atoms with E-state index in [1.165, 1.54) is 11.9 Å². The first-order valence-corrected chi connectivity index (χ1v) is 6.26. The normalized spacial score (nSPS) is 24.7. The van der Waals surface area contributed by atoms with Crippen molar-refractivity contribution in [2.75, 3.05) is 0 Å². The van der Waals surface area contributed by atoms with Gasteiger partial charge in [-0.1, -0.05) is 22.9 Å². The summed E-state index contributed by atoms with van der Waals surface area (Å²) in [6, 6.07) is 6.87. The fourth-order valence-electron chi connectivity index (χ4n) is 2.09. The van der Waals surface area contributed by atoms with Crippen LogP contribution in [0.4, 0.5) is 0 Å². The van der Waals surface area contributed by atoms with Gasteiger partial charge in [-0.2, -0.15) is 0 Å². The van der Waals surface area contributed by atoms with Crippen LogP contribution in [0.25, 0.3) is 11.0 Å². The fourth-order valence-corrected chi connectivity index (χ4v) is 2.80. The summed E-state index contributed by atoms with van der Waals surface area (Å²) in [5.74, 6) is 0.763. The van der Waals surface area contributed by atoms with Crippen molar-refractivity contribution in [3.05, 3.63) is 27.4 Å². The molecule has 4 heteroatoms. The lowest BCUT2D eigenvalue weighted by Crippen LogP contribution is -1.94. The number of nitrogens with zero attached hydrogens (tertiary/aromatic N) is 1. The number of fused-ring (bicyclic) bond motifs is 1. The van der Waals surface area contributed by atoms with Gasteiger partial charge in [0.05, 0.1) is 11.0 Å². The van der Waals surface area contributed by atoms with Gasteiger partial charge < -0.3 is 9.55 Å². The van der Waals surface area contributed by atoms with E-state index < -0.39 is 0 Å². The molecule has 0 aliphatic heterocycles. The number of benzene rings is 1. The Balaban J connectivity index is 2.29. The van der Waals surface area contributed by atoms with Crippen LogP contribution in [-0.4, -0.2) is 9.55 Å². The SMILES string of the molecule is CC1CC1n1c(=S)[nH]c2cc(Br)ccc21.